The van der Waals surface area contributed by atoms with Crippen LogP contribution >= 0.6 is 7.37 Å². The SMILES string of the molecule is CCCCOP(C)(=O)CCCN(OCc1ccccc1)S(=O)(=O)c1ccc(C)cc1. The normalized spacial score (nSPS) is 14.0. The molecule has 0 aliphatic heterocycles. The van der Waals surface area contributed by atoms with Gasteiger partial charge in [0.1, 0.15) is 0 Å². The van der Waals surface area contributed by atoms with Crippen molar-refractivity contribution in [2.24, 2.45) is 0 Å². The van der Waals surface area contributed by atoms with Gasteiger partial charge in [-0.25, -0.2) is 8.42 Å². The molecule has 30 heavy (non-hydrogen) atoms. The Hall–Kier alpha value is -1.50. The Morgan fingerprint density at radius 2 is 1.67 bits per heavy atom. The average molecular weight is 454 g/mol. The number of sulfonamides is 1. The first kappa shape index (κ1) is 24.8. The van der Waals surface area contributed by atoms with Crippen LogP contribution in [0.2, 0.25) is 0 Å². The summed E-state index contributed by atoms with van der Waals surface area (Å²) in [5.74, 6) is 0. The van der Waals surface area contributed by atoms with E-state index in [0.717, 1.165) is 28.4 Å². The highest BCUT2D eigenvalue weighted by Gasteiger charge is 2.26. The van der Waals surface area contributed by atoms with E-state index < -0.39 is 17.4 Å². The van der Waals surface area contributed by atoms with Crippen LogP contribution in [-0.4, -0.2) is 38.9 Å². The van der Waals surface area contributed by atoms with Crippen LogP contribution in [0.25, 0.3) is 0 Å². The molecular formula is C22H32NO5PS. The van der Waals surface area contributed by atoms with Crippen molar-refractivity contribution in [2.75, 3.05) is 26.0 Å². The summed E-state index contributed by atoms with van der Waals surface area (Å²) in [6.07, 6.45) is 2.49. The number of unbranched alkanes of at least 4 members (excludes halogenated alkanes) is 1. The van der Waals surface area contributed by atoms with E-state index in [4.69, 9.17) is 9.36 Å². The molecule has 0 radical (unpaired) electrons. The van der Waals surface area contributed by atoms with E-state index >= 15 is 0 Å². The van der Waals surface area contributed by atoms with Crippen LogP contribution in [0.4, 0.5) is 0 Å². The van der Waals surface area contributed by atoms with Crippen molar-refractivity contribution in [1.29, 1.82) is 0 Å². The molecular weight excluding hydrogens is 421 g/mol. The minimum Gasteiger partial charge on any atom is -0.329 e. The van der Waals surface area contributed by atoms with Gasteiger partial charge in [-0.1, -0.05) is 65.8 Å². The van der Waals surface area contributed by atoms with Crippen LogP contribution in [0, 0.1) is 6.92 Å². The third-order valence-electron chi connectivity index (χ3n) is 4.57. The van der Waals surface area contributed by atoms with Gasteiger partial charge in [0.15, 0.2) is 7.37 Å². The zero-order valence-corrected chi connectivity index (χ0v) is 19.7. The summed E-state index contributed by atoms with van der Waals surface area (Å²) in [5, 5.41) is 0. The molecule has 0 fully saturated rings. The molecule has 0 aliphatic carbocycles. The predicted octanol–water partition coefficient (Wildman–Crippen LogP) is 5.23. The molecule has 0 aromatic heterocycles. The highest BCUT2D eigenvalue weighted by Crippen LogP contribution is 2.43. The van der Waals surface area contributed by atoms with Crippen molar-refractivity contribution in [1.82, 2.24) is 4.47 Å². The second kappa shape index (κ2) is 11.8. The summed E-state index contributed by atoms with van der Waals surface area (Å²) >= 11 is 0. The quantitative estimate of drug-likeness (QED) is 0.236. The zero-order valence-electron chi connectivity index (χ0n) is 18.0. The monoisotopic (exact) mass is 453 g/mol. The van der Waals surface area contributed by atoms with E-state index in [1.54, 1.807) is 30.9 Å². The van der Waals surface area contributed by atoms with Gasteiger partial charge in [-0.2, -0.15) is 0 Å². The Bertz CT molecular complexity index is 916. The van der Waals surface area contributed by atoms with Crippen molar-refractivity contribution in [2.45, 2.75) is 44.6 Å². The minimum atomic E-state index is -3.85. The number of rotatable bonds is 13. The number of aryl methyl sites for hydroxylation is 1. The van der Waals surface area contributed by atoms with E-state index in [1.807, 2.05) is 44.2 Å². The zero-order chi connectivity index (χ0) is 22.0. The van der Waals surface area contributed by atoms with Crippen molar-refractivity contribution in [3.63, 3.8) is 0 Å². The van der Waals surface area contributed by atoms with E-state index in [0.29, 0.717) is 19.2 Å². The van der Waals surface area contributed by atoms with Gasteiger partial charge < -0.3 is 4.52 Å². The first-order valence-corrected chi connectivity index (χ1v) is 13.9. The van der Waals surface area contributed by atoms with Crippen LogP contribution in [0.5, 0.6) is 0 Å². The second-order valence-corrected chi connectivity index (χ2v) is 11.9. The van der Waals surface area contributed by atoms with E-state index in [1.165, 1.54) is 0 Å². The first-order valence-electron chi connectivity index (χ1n) is 10.2. The minimum absolute atomic E-state index is 0.0952. The fraction of sp³-hybridized carbons (Fsp3) is 0.455. The summed E-state index contributed by atoms with van der Waals surface area (Å²) in [5.41, 5.74) is 1.84. The summed E-state index contributed by atoms with van der Waals surface area (Å²) < 4.78 is 45.4. The van der Waals surface area contributed by atoms with Crippen molar-refractivity contribution < 1.29 is 22.3 Å². The summed E-state index contributed by atoms with van der Waals surface area (Å²) in [6, 6.07) is 16.0. The molecule has 166 valence electrons. The largest absolute Gasteiger partial charge is 0.329 e. The lowest BCUT2D eigenvalue weighted by Gasteiger charge is -2.22. The molecule has 6 nitrogen and oxygen atoms in total. The van der Waals surface area contributed by atoms with Crippen molar-refractivity contribution in [3.8, 4) is 0 Å². The molecule has 2 aromatic rings. The smallest absolute Gasteiger partial charge is 0.265 e. The summed E-state index contributed by atoms with van der Waals surface area (Å²) in [7, 11) is -6.61. The molecule has 2 rings (SSSR count). The number of nitrogens with zero attached hydrogens (tertiary/aromatic N) is 1. The fourth-order valence-corrected chi connectivity index (χ4v) is 5.39. The summed E-state index contributed by atoms with van der Waals surface area (Å²) in [4.78, 5) is 5.87. The molecule has 0 spiro atoms. The Labute approximate surface area is 180 Å². The van der Waals surface area contributed by atoms with Gasteiger partial charge in [0.05, 0.1) is 18.1 Å². The predicted molar refractivity (Wildman–Crippen MR) is 120 cm³/mol. The topological polar surface area (TPSA) is 72.9 Å². The van der Waals surface area contributed by atoms with Gasteiger partial charge in [-0.15, -0.1) is 0 Å². The van der Waals surface area contributed by atoms with Gasteiger partial charge in [-0.3, -0.25) is 9.40 Å². The lowest BCUT2D eigenvalue weighted by Crippen LogP contribution is -2.32. The maximum atomic E-state index is 13.1. The van der Waals surface area contributed by atoms with Crippen LogP contribution in [0.15, 0.2) is 59.5 Å². The maximum Gasteiger partial charge on any atom is 0.265 e. The molecule has 0 saturated heterocycles. The molecule has 0 heterocycles. The molecule has 8 heteroatoms. The molecule has 1 unspecified atom stereocenters. The molecule has 2 aromatic carbocycles. The van der Waals surface area contributed by atoms with Crippen molar-refractivity contribution in [3.05, 3.63) is 65.7 Å². The number of hydrogen-bond acceptors (Lipinski definition) is 5. The fourth-order valence-electron chi connectivity index (χ4n) is 2.76. The molecule has 0 aliphatic rings. The Morgan fingerprint density at radius 3 is 2.30 bits per heavy atom. The molecule has 0 bridgehead atoms. The van der Waals surface area contributed by atoms with Crippen LogP contribution < -0.4 is 0 Å². The Morgan fingerprint density at radius 1 is 1.00 bits per heavy atom. The number of hydrogen-bond donors (Lipinski definition) is 0. The van der Waals surface area contributed by atoms with Gasteiger partial charge in [0.25, 0.3) is 10.0 Å². The lowest BCUT2D eigenvalue weighted by atomic mass is 10.2. The molecule has 1 atom stereocenters. The van der Waals surface area contributed by atoms with Crippen molar-refractivity contribution >= 4 is 17.4 Å². The Kier molecular flexibility index (Phi) is 9.72. The van der Waals surface area contributed by atoms with Gasteiger partial charge in [0.2, 0.25) is 0 Å². The van der Waals surface area contributed by atoms with Gasteiger partial charge in [0, 0.05) is 19.4 Å². The molecule has 0 N–H and O–H groups in total. The van der Waals surface area contributed by atoms with Crippen LogP contribution in [0.1, 0.15) is 37.3 Å². The third-order valence-corrected chi connectivity index (χ3v) is 8.12. The highest BCUT2D eigenvalue weighted by atomic mass is 32.2. The second-order valence-electron chi connectivity index (χ2n) is 7.38. The molecule has 0 amide bonds. The maximum absolute atomic E-state index is 13.1. The van der Waals surface area contributed by atoms with Gasteiger partial charge >= 0.3 is 0 Å². The third kappa shape index (κ3) is 7.97. The van der Waals surface area contributed by atoms with Crippen LogP contribution in [0.3, 0.4) is 0 Å². The number of hydroxylamine groups is 1. The first-order chi connectivity index (χ1) is 14.2. The van der Waals surface area contributed by atoms with E-state index in [9.17, 15) is 13.0 Å². The lowest BCUT2D eigenvalue weighted by molar-refractivity contribution is -0.0958. The van der Waals surface area contributed by atoms with Gasteiger partial charge in [-0.05, 0) is 37.5 Å². The average Bonchev–Trinajstić information content (AvgIpc) is 2.71. The van der Waals surface area contributed by atoms with E-state index in [2.05, 4.69) is 0 Å². The molecule has 0 saturated carbocycles. The van der Waals surface area contributed by atoms with Crippen LogP contribution in [-0.2, 0) is 30.6 Å². The van der Waals surface area contributed by atoms with E-state index in [-0.39, 0.29) is 18.0 Å². The standard InChI is InChI=1S/C22H32NO5PS/c1-4-5-17-28-29(3,24)18-9-16-23(27-19-21-10-7-6-8-11-21)30(25,26)22-14-12-20(2)13-15-22/h6-8,10-15H,4-5,9,16-19H2,1-3H3. The summed E-state index contributed by atoms with van der Waals surface area (Å²) in [6.45, 7) is 6.23. The Balaban J connectivity index is 2.08. The highest BCUT2D eigenvalue weighted by molar-refractivity contribution is 7.89. The number of benzene rings is 2.